The van der Waals surface area contributed by atoms with Gasteiger partial charge in [-0.25, -0.2) is 0 Å². The molecular weight excluding hydrogens is 264 g/mol. The summed E-state index contributed by atoms with van der Waals surface area (Å²) in [4.78, 5) is 9.02. The van der Waals surface area contributed by atoms with Gasteiger partial charge in [-0.3, -0.25) is 4.98 Å². The molecule has 5 heteroatoms. The molecule has 0 amide bonds. The van der Waals surface area contributed by atoms with E-state index in [9.17, 15) is 0 Å². The number of fused-ring (bicyclic) bond motifs is 1. The number of aromatic nitrogens is 3. The summed E-state index contributed by atoms with van der Waals surface area (Å²) in [5.41, 5.74) is 0.556. The molecule has 1 unspecified atom stereocenters. The molecule has 5 nitrogen and oxygen atoms in total. The van der Waals surface area contributed by atoms with Crippen molar-refractivity contribution in [2.45, 2.75) is 25.3 Å². The van der Waals surface area contributed by atoms with Crippen molar-refractivity contribution < 1.29 is 4.52 Å². The van der Waals surface area contributed by atoms with E-state index in [1.807, 2.05) is 24.3 Å². The number of rotatable bonds is 2. The van der Waals surface area contributed by atoms with Crippen LogP contribution < -0.4 is 5.32 Å². The van der Waals surface area contributed by atoms with E-state index in [-0.39, 0.29) is 5.54 Å². The van der Waals surface area contributed by atoms with Crippen molar-refractivity contribution in [3.63, 3.8) is 0 Å². The first-order valence-electron chi connectivity index (χ1n) is 7.20. The second kappa shape index (κ2) is 4.63. The van der Waals surface area contributed by atoms with Crippen LogP contribution in [0.3, 0.4) is 0 Å². The molecule has 1 N–H and O–H groups in total. The number of hydrogen-bond acceptors (Lipinski definition) is 5. The standard InChI is InChI=1S/C16H16N4O/c1-16(8-4-9-18-16)15-19-14(20-21-15)13-12-6-3-2-5-11(12)7-10-17-13/h2-3,5-7,10,18H,4,8-9H2,1H3. The average Bonchev–Trinajstić information content (AvgIpc) is 3.16. The third-order valence-corrected chi connectivity index (χ3v) is 4.15. The Morgan fingerprint density at radius 3 is 3.00 bits per heavy atom. The highest BCUT2D eigenvalue weighted by atomic mass is 16.5. The molecular formula is C16H16N4O. The maximum atomic E-state index is 5.49. The molecule has 1 saturated heterocycles. The maximum Gasteiger partial charge on any atom is 0.247 e. The fourth-order valence-electron chi connectivity index (χ4n) is 2.92. The van der Waals surface area contributed by atoms with E-state index in [0.717, 1.165) is 35.9 Å². The van der Waals surface area contributed by atoms with Crippen LogP contribution in [0.25, 0.3) is 22.3 Å². The summed E-state index contributed by atoms with van der Waals surface area (Å²) in [6, 6.07) is 10.1. The van der Waals surface area contributed by atoms with Crippen LogP contribution in [0.15, 0.2) is 41.1 Å². The van der Waals surface area contributed by atoms with Crippen LogP contribution >= 0.6 is 0 Å². The largest absolute Gasteiger partial charge is 0.337 e. The summed E-state index contributed by atoms with van der Waals surface area (Å²) in [6.07, 6.45) is 3.92. The highest BCUT2D eigenvalue weighted by Gasteiger charge is 2.36. The van der Waals surface area contributed by atoms with E-state index >= 15 is 0 Å². The second-order valence-electron chi connectivity index (χ2n) is 5.67. The van der Waals surface area contributed by atoms with Crippen LogP contribution in [-0.4, -0.2) is 21.7 Å². The van der Waals surface area contributed by atoms with Gasteiger partial charge >= 0.3 is 0 Å². The molecule has 1 aliphatic rings. The van der Waals surface area contributed by atoms with E-state index < -0.39 is 0 Å². The fraction of sp³-hybridized carbons (Fsp3) is 0.312. The number of nitrogens with one attached hydrogen (secondary N) is 1. The van der Waals surface area contributed by atoms with Crippen molar-refractivity contribution in [2.75, 3.05) is 6.54 Å². The van der Waals surface area contributed by atoms with Crippen molar-refractivity contribution in [2.24, 2.45) is 0 Å². The molecule has 1 aliphatic heterocycles. The minimum absolute atomic E-state index is 0.212. The first-order valence-corrected chi connectivity index (χ1v) is 7.20. The molecule has 21 heavy (non-hydrogen) atoms. The lowest BCUT2D eigenvalue weighted by atomic mass is 10.0. The molecule has 0 saturated carbocycles. The zero-order valence-electron chi connectivity index (χ0n) is 11.8. The van der Waals surface area contributed by atoms with E-state index in [4.69, 9.17) is 4.52 Å². The summed E-state index contributed by atoms with van der Waals surface area (Å²) in [6.45, 7) is 3.09. The molecule has 0 radical (unpaired) electrons. The third kappa shape index (κ3) is 2.01. The topological polar surface area (TPSA) is 63.8 Å². The van der Waals surface area contributed by atoms with Gasteiger partial charge in [0.15, 0.2) is 0 Å². The molecule has 1 fully saturated rings. The lowest BCUT2D eigenvalue weighted by molar-refractivity contribution is 0.275. The van der Waals surface area contributed by atoms with E-state index in [1.165, 1.54) is 0 Å². The predicted octanol–water partition coefficient (Wildman–Crippen LogP) is 2.88. The molecule has 2 aromatic heterocycles. The Morgan fingerprint density at radius 1 is 1.24 bits per heavy atom. The van der Waals surface area contributed by atoms with Crippen molar-refractivity contribution >= 4 is 10.8 Å². The van der Waals surface area contributed by atoms with Crippen LogP contribution in [0, 0.1) is 0 Å². The molecule has 1 atom stereocenters. The summed E-state index contributed by atoms with van der Waals surface area (Å²) in [7, 11) is 0. The van der Waals surface area contributed by atoms with Gasteiger partial charge in [-0.1, -0.05) is 29.4 Å². The number of benzene rings is 1. The SMILES string of the molecule is CC1(c2nc(-c3nccc4ccccc34)no2)CCCN1. The summed E-state index contributed by atoms with van der Waals surface area (Å²) in [5.74, 6) is 1.20. The zero-order valence-corrected chi connectivity index (χ0v) is 11.8. The maximum absolute atomic E-state index is 5.49. The van der Waals surface area contributed by atoms with Gasteiger partial charge in [0, 0.05) is 11.6 Å². The van der Waals surface area contributed by atoms with Gasteiger partial charge in [0.2, 0.25) is 11.7 Å². The monoisotopic (exact) mass is 280 g/mol. The second-order valence-corrected chi connectivity index (χ2v) is 5.67. The minimum atomic E-state index is -0.212. The first kappa shape index (κ1) is 12.5. The van der Waals surface area contributed by atoms with Gasteiger partial charge in [0.05, 0.1) is 5.54 Å². The van der Waals surface area contributed by atoms with Gasteiger partial charge < -0.3 is 9.84 Å². The fourth-order valence-corrected chi connectivity index (χ4v) is 2.92. The van der Waals surface area contributed by atoms with Crippen LogP contribution in [0.5, 0.6) is 0 Å². The molecule has 3 aromatic rings. The molecule has 106 valence electrons. The smallest absolute Gasteiger partial charge is 0.247 e. The Kier molecular flexibility index (Phi) is 2.75. The molecule has 0 bridgehead atoms. The van der Waals surface area contributed by atoms with Crippen molar-refractivity contribution in [1.82, 2.24) is 20.4 Å². The van der Waals surface area contributed by atoms with Gasteiger partial charge in [-0.05, 0) is 37.8 Å². The van der Waals surface area contributed by atoms with Crippen molar-refractivity contribution in [1.29, 1.82) is 0 Å². The minimum Gasteiger partial charge on any atom is -0.337 e. The third-order valence-electron chi connectivity index (χ3n) is 4.15. The van der Waals surface area contributed by atoms with Crippen molar-refractivity contribution in [3.8, 4) is 11.5 Å². The molecule has 4 rings (SSSR count). The summed E-state index contributed by atoms with van der Waals surface area (Å²) < 4.78 is 5.49. The van der Waals surface area contributed by atoms with Gasteiger partial charge in [0.25, 0.3) is 0 Å². The molecule has 0 aliphatic carbocycles. The Hall–Kier alpha value is -2.27. The van der Waals surface area contributed by atoms with Crippen LogP contribution in [0.2, 0.25) is 0 Å². The van der Waals surface area contributed by atoms with Crippen LogP contribution in [0.4, 0.5) is 0 Å². The molecule has 3 heterocycles. The van der Waals surface area contributed by atoms with Gasteiger partial charge in [-0.2, -0.15) is 4.98 Å². The lowest BCUT2D eigenvalue weighted by Crippen LogP contribution is -2.33. The van der Waals surface area contributed by atoms with E-state index in [0.29, 0.717) is 11.7 Å². The first-order chi connectivity index (χ1) is 10.3. The Labute approximate surface area is 122 Å². The van der Waals surface area contributed by atoms with Gasteiger partial charge in [-0.15, -0.1) is 0 Å². The quantitative estimate of drug-likeness (QED) is 0.782. The Balaban J connectivity index is 1.81. The molecule has 0 spiro atoms. The summed E-state index contributed by atoms with van der Waals surface area (Å²) >= 11 is 0. The van der Waals surface area contributed by atoms with E-state index in [2.05, 4.69) is 33.4 Å². The van der Waals surface area contributed by atoms with Gasteiger partial charge in [0.1, 0.15) is 5.69 Å². The number of nitrogens with zero attached hydrogens (tertiary/aromatic N) is 3. The zero-order chi connectivity index (χ0) is 14.3. The predicted molar refractivity (Wildman–Crippen MR) is 79.6 cm³/mol. The highest BCUT2D eigenvalue weighted by molar-refractivity contribution is 5.92. The Bertz CT molecular complexity index is 784. The number of pyridine rings is 1. The summed E-state index contributed by atoms with van der Waals surface area (Å²) in [5, 5.41) is 9.74. The lowest BCUT2D eigenvalue weighted by Gasteiger charge is -2.18. The number of hydrogen-bond donors (Lipinski definition) is 1. The van der Waals surface area contributed by atoms with Crippen LogP contribution in [0.1, 0.15) is 25.7 Å². The van der Waals surface area contributed by atoms with E-state index in [1.54, 1.807) is 6.20 Å². The van der Waals surface area contributed by atoms with Crippen molar-refractivity contribution in [3.05, 3.63) is 42.4 Å². The Morgan fingerprint density at radius 2 is 2.14 bits per heavy atom. The highest BCUT2D eigenvalue weighted by Crippen LogP contribution is 2.31. The molecule has 1 aromatic carbocycles. The van der Waals surface area contributed by atoms with Crippen LogP contribution in [-0.2, 0) is 5.54 Å². The average molecular weight is 280 g/mol. The normalized spacial score (nSPS) is 22.0.